The second-order valence-corrected chi connectivity index (χ2v) is 3.65. The molecule has 2 rings (SSSR count). The third-order valence-electron chi connectivity index (χ3n) is 2.33. The molecule has 0 aliphatic heterocycles. The molecule has 4 nitrogen and oxygen atoms in total. The molecule has 2 heterocycles. The molecule has 2 aromatic rings. The predicted octanol–water partition coefficient (Wildman–Crippen LogP) is 1.98. The first kappa shape index (κ1) is 10.3. The van der Waals surface area contributed by atoms with Gasteiger partial charge in [0.2, 0.25) is 0 Å². The Labute approximate surface area is 92.8 Å². The first-order valence-electron chi connectivity index (χ1n) is 4.62. The van der Waals surface area contributed by atoms with Gasteiger partial charge in [-0.15, -0.1) is 0 Å². The number of rotatable bonds is 3. The molecule has 80 valence electrons. The van der Waals surface area contributed by atoms with E-state index in [0.717, 1.165) is 11.5 Å². The highest BCUT2D eigenvalue weighted by Gasteiger charge is 2.21. The van der Waals surface area contributed by atoms with Crippen LogP contribution in [0.2, 0.25) is 5.02 Å². The van der Waals surface area contributed by atoms with Crippen molar-refractivity contribution >= 4 is 11.6 Å². The Morgan fingerprint density at radius 2 is 2.40 bits per heavy atom. The lowest BCUT2D eigenvalue weighted by Crippen LogP contribution is -2.20. The van der Waals surface area contributed by atoms with Gasteiger partial charge in [0.15, 0.2) is 0 Å². The van der Waals surface area contributed by atoms with Gasteiger partial charge in [-0.1, -0.05) is 11.6 Å². The lowest BCUT2D eigenvalue weighted by molar-refractivity contribution is 0.449. The molecule has 0 radical (unpaired) electrons. The molecule has 0 saturated heterocycles. The topological polar surface area (TPSA) is 43.0 Å². The second kappa shape index (κ2) is 4.08. The summed E-state index contributed by atoms with van der Waals surface area (Å²) in [5.41, 5.74) is 0.897. The summed E-state index contributed by atoms with van der Waals surface area (Å²) < 4.78 is 7.10. The number of halogens is 1. The van der Waals surface area contributed by atoms with Crippen molar-refractivity contribution in [2.45, 2.75) is 6.04 Å². The molecule has 1 unspecified atom stereocenters. The summed E-state index contributed by atoms with van der Waals surface area (Å²) in [6.07, 6.45) is 3.27. The first-order chi connectivity index (χ1) is 7.24. The molecule has 0 fully saturated rings. The lowest BCUT2D eigenvalue weighted by Gasteiger charge is -2.14. The van der Waals surface area contributed by atoms with Gasteiger partial charge in [-0.2, -0.15) is 5.10 Å². The van der Waals surface area contributed by atoms with Crippen molar-refractivity contribution in [2.75, 3.05) is 7.05 Å². The van der Waals surface area contributed by atoms with Gasteiger partial charge in [0.25, 0.3) is 0 Å². The smallest absolute Gasteiger partial charge is 0.126 e. The van der Waals surface area contributed by atoms with E-state index in [4.69, 9.17) is 16.0 Å². The van der Waals surface area contributed by atoms with Crippen LogP contribution in [0.25, 0.3) is 0 Å². The highest BCUT2D eigenvalue weighted by molar-refractivity contribution is 6.31. The molecule has 1 N–H and O–H groups in total. The van der Waals surface area contributed by atoms with E-state index in [-0.39, 0.29) is 6.04 Å². The number of hydrogen-bond donors (Lipinski definition) is 1. The molecule has 0 saturated carbocycles. The van der Waals surface area contributed by atoms with Crippen LogP contribution in [-0.2, 0) is 7.05 Å². The van der Waals surface area contributed by atoms with Gasteiger partial charge in [-0.25, -0.2) is 0 Å². The summed E-state index contributed by atoms with van der Waals surface area (Å²) >= 11 is 6.07. The predicted molar refractivity (Wildman–Crippen MR) is 57.8 cm³/mol. The molecule has 0 aromatic carbocycles. The summed E-state index contributed by atoms with van der Waals surface area (Å²) in [7, 11) is 3.71. The van der Waals surface area contributed by atoms with E-state index in [1.165, 1.54) is 0 Å². The van der Waals surface area contributed by atoms with E-state index >= 15 is 0 Å². The highest BCUT2D eigenvalue weighted by Crippen LogP contribution is 2.27. The van der Waals surface area contributed by atoms with Crippen LogP contribution in [0.15, 0.2) is 29.0 Å². The maximum atomic E-state index is 6.07. The van der Waals surface area contributed by atoms with Crippen molar-refractivity contribution in [1.29, 1.82) is 0 Å². The van der Waals surface area contributed by atoms with E-state index in [0.29, 0.717) is 5.02 Å². The monoisotopic (exact) mass is 225 g/mol. The van der Waals surface area contributed by atoms with E-state index < -0.39 is 0 Å². The Morgan fingerprint density at radius 1 is 1.60 bits per heavy atom. The molecule has 0 aliphatic carbocycles. The molecular formula is C10H12ClN3O. The van der Waals surface area contributed by atoms with Gasteiger partial charge < -0.3 is 9.73 Å². The summed E-state index contributed by atoms with van der Waals surface area (Å²) in [6, 6.07) is 3.69. The van der Waals surface area contributed by atoms with Crippen molar-refractivity contribution in [3.8, 4) is 0 Å². The Kier molecular flexibility index (Phi) is 2.79. The number of hydrogen-bond acceptors (Lipinski definition) is 3. The highest BCUT2D eigenvalue weighted by atomic mass is 35.5. The van der Waals surface area contributed by atoms with Gasteiger partial charge in [-0.05, 0) is 19.2 Å². The largest absolute Gasteiger partial charge is 0.467 e. The van der Waals surface area contributed by atoms with E-state index in [2.05, 4.69) is 10.4 Å². The van der Waals surface area contributed by atoms with Crippen LogP contribution >= 0.6 is 11.6 Å². The fourth-order valence-electron chi connectivity index (χ4n) is 1.61. The Hall–Kier alpha value is -1.26. The summed E-state index contributed by atoms with van der Waals surface area (Å²) in [5.74, 6) is 0.822. The van der Waals surface area contributed by atoms with E-state index in [1.54, 1.807) is 17.1 Å². The molecule has 0 spiro atoms. The van der Waals surface area contributed by atoms with Crippen LogP contribution in [0.3, 0.4) is 0 Å². The zero-order valence-corrected chi connectivity index (χ0v) is 9.32. The normalized spacial score (nSPS) is 13.0. The quantitative estimate of drug-likeness (QED) is 0.869. The number of furan rings is 1. The van der Waals surface area contributed by atoms with Crippen molar-refractivity contribution in [3.63, 3.8) is 0 Å². The molecular weight excluding hydrogens is 214 g/mol. The van der Waals surface area contributed by atoms with Gasteiger partial charge >= 0.3 is 0 Å². The van der Waals surface area contributed by atoms with Crippen molar-refractivity contribution in [2.24, 2.45) is 7.05 Å². The van der Waals surface area contributed by atoms with Gasteiger partial charge in [0.05, 0.1) is 23.2 Å². The molecule has 0 bridgehead atoms. The van der Waals surface area contributed by atoms with Crippen molar-refractivity contribution in [3.05, 3.63) is 41.1 Å². The van der Waals surface area contributed by atoms with E-state index in [1.807, 2.05) is 26.2 Å². The summed E-state index contributed by atoms with van der Waals surface area (Å²) in [6.45, 7) is 0. The first-order valence-corrected chi connectivity index (χ1v) is 5.00. The molecule has 0 aliphatic rings. The van der Waals surface area contributed by atoms with Gasteiger partial charge in [0, 0.05) is 7.05 Å². The van der Waals surface area contributed by atoms with Gasteiger partial charge in [0.1, 0.15) is 11.8 Å². The minimum atomic E-state index is -0.0694. The Balaban J connectivity index is 2.44. The zero-order valence-electron chi connectivity index (χ0n) is 8.57. The summed E-state index contributed by atoms with van der Waals surface area (Å²) in [4.78, 5) is 0. The van der Waals surface area contributed by atoms with Crippen LogP contribution in [-0.4, -0.2) is 16.8 Å². The fraction of sp³-hybridized carbons (Fsp3) is 0.300. The zero-order chi connectivity index (χ0) is 10.8. The van der Waals surface area contributed by atoms with Crippen LogP contribution in [0.1, 0.15) is 17.5 Å². The van der Waals surface area contributed by atoms with Crippen LogP contribution in [0, 0.1) is 0 Å². The fourth-order valence-corrected chi connectivity index (χ4v) is 1.89. The summed E-state index contributed by atoms with van der Waals surface area (Å²) in [5, 5.41) is 7.88. The number of aryl methyl sites for hydroxylation is 1. The molecule has 1 atom stereocenters. The number of aromatic nitrogens is 2. The molecule has 2 aromatic heterocycles. The Morgan fingerprint density at radius 3 is 2.87 bits per heavy atom. The van der Waals surface area contributed by atoms with E-state index in [9.17, 15) is 0 Å². The number of nitrogens with zero attached hydrogens (tertiary/aromatic N) is 2. The minimum absolute atomic E-state index is 0.0694. The second-order valence-electron chi connectivity index (χ2n) is 3.24. The Bertz CT molecular complexity index is 416. The SMILES string of the molecule is CNC(c1ccco1)c1c(Cl)cnn1C. The van der Waals surface area contributed by atoms with Crippen LogP contribution < -0.4 is 5.32 Å². The average molecular weight is 226 g/mol. The number of nitrogens with one attached hydrogen (secondary N) is 1. The molecule has 0 amide bonds. The van der Waals surface area contributed by atoms with Crippen LogP contribution in [0.4, 0.5) is 0 Å². The van der Waals surface area contributed by atoms with Crippen molar-refractivity contribution in [1.82, 2.24) is 15.1 Å². The lowest BCUT2D eigenvalue weighted by atomic mass is 10.1. The molecule has 5 heteroatoms. The van der Waals surface area contributed by atoms with Crippen molar-refractivity contribution < 1.29 is 4.42 Å². The maximum Gasteiger partial charge on any atom is 0.126 e. The van der Waals surface area contributed by atoms with Gasteiger partial charge in [-0.3, -0.25) is 4.68 Å². The minimum Gasteiger partial charge on any atom is -0.467 e. The third kappa shape index (κ3) is 1.78. The molecule has 15 heavy (non-hydrogen) atoms. The standard InChI is InChI=1S/C10H12ClN3O/c1-12-9(8-4-3-5-15-8)10-7(11)6-13-14(10)2/h3-6,9,12H,1-2H3. The van der Waals surface area contributed by atoms with Crippen LogP contribution in [0.5, 0.6) is 0 Å². The third-order valence-corrected chi connectivity index (χ3v) is 2.62. The average Bonchev–Trinajstić information content (AvgIpc) is 2.83. The maximum absolute atomic E-state index is 6.07.